The van der Waals surface area contributed by atoms with E-state index >= 15 is 0 Å². The highest BCUT2D eigenvalue weighted by molar-refractivity contribution is 7.17. The SMILES string of the molecule is COC(=O)c1c(NC(=O)C2=CC=CC2)sc2c1CCC(C(C)(C)C)C2. The van der Waals surface area contributed by atoms with Crippen molar-refractivity contribution in [3.8, 4) is 0 Å². The van der Waals surface area contributed by atoms with Crippen molar-refractivity contribution in [2.24, 2.45) is 11.3 Å². The zero-order chi connectivity index (χ0) is 18.2. The molecule has 2 aliphatic rings. The zero-order valence-electron chi connectivity index (χ0n) is 15.3. The van der Waals surface area contributed by atoms with Crippen LogP contribution in [0.1, 0.15) is 54.4 Å². The maximum absolute atomic E-state index is 12.4. The number of thiophene rings is 1. The van der Waals surface area contributed by atoms with Crippen molar-refractivity contribution in [3.05, 3.63) is 39.8 Å². The zero-order valence-corrected chi connectivity index (χ0v) is 16.1. The van der Waals surface area contributed by atoms with Crippen molar-refractivity contribution in [1.82, 2.24) is 0 Å². The van der Waals surface area contributed by atoms with Crippen molar-refractivity contribution < 1.29 is 14.3 Å². The molecule has 3 rings (SSSR count). The molecule has 1 unspecified atom stereocenters. The highest BCUT2D eigenvalue weighted by Crippen LogP contribution is 2.44. The van der Waals surface area contributed by atoms with Crippen molar-refractivity contribution in [2.75, 3.05) is 12.4 Å². The number of hydrogen-bond acceptors (Lipinski definition) is 4. The number of nitrogens with one attached hydrogen (secondary N) is 1. The summed E-state index contributed by atoms with van der Waals surface area (Å²) in [7, 11) is 1.39. The Labute approximate surface area is 153 Å². The van der Waals surface area contributed by atoms with Gasteiger partial charge in [0, 0.05) is 10.5 Å². The number of methoxy groups -OCH3 is 1. The molecule has 4 nitrogen and oxygen atoms in total. The van der Waals surface area contributed by atoms with Crippen molar-refractivity contribution in [2.45, 2.75) is 46.5 Å². The molecular weight excluding hydrogens is 334 g/mol. The van der Waals surface area contributed by atoms with Crippen molar-refractivity contribution >= 4 is 28.2 Å². The molecule has 0 radical (unpaired) electrons. The van der Waals surface area contributed by atoms with Crippen LogP contribution in [0, 0.1) is 11.3 Å². The monoisotopic (exact) mass is 359 g/mol. The molecule has 1 heterocycles. The van der Waals surface area contributed by atoms with E-state index in [1.165, 1.54) is 23.3 Å². The summed E-state index contributed by atoms with van der Waals surface area (Å²) in [4.78, 5) is 26.0. The van der Waals surface area contributed by atoms with Crippen LogP contribution < -0.4 is 5.32 Å². The lowest BCUT2D eigenvalue weighted by atomic mass is 9.72. The van der Waals surface area contributed by atoms with Gasteiger partial charge in [-0.25, -0.2) is 4.79 Å². The third-order valence-electron chi connectivity index (χ3n) is 5.17. The summed E-state index contributed by atoms with van der Waals surface area (Å²) in [6.07, 6.45) is 9.14. The van der Waals surface area contributed by atoms with Gasteiger partial charge in [0.05, 0.1) is 12.7 Å². The summed E-state index contributed by atoms with van der Waals surface area (Å²) < 4.78 is 4.99. The normalized spacial score (nSPS) is 19.4. The molecule has 2 aliphatic carbocycles. The van der Waals surface area contributed by atoms with E-state index in [0.29, 0.717) is 22.9 Å². The number of carbonyl (C=O) groups excluding carboxylic acids is 2. The van der Waals surface area contributed by atoms with Crippen LogP contribution in [-0.4, -0.2) is 19.0 Å². The average molecular weight is 359 g/mol. The van der Waals surface area contributed by atoms with Gasteiger partial charge >= 0.3 is 5.97 Å². The summed E-state index contributed by atoms with van der Waals surface area (Å²) >= 11 is 1.53. The predicted octanol–water partition coefficient (Wildman–Crippen LogP) is 4.51. The number of hydrogen-bond donors (Lipinski definition) is 1. The van der Waals surface area contributed by atoms with Gasteiger partial charge < -0.3 is 10.1 Å². The third kappa shape index (κ3) is 3.56. The smallest absolute Gasteiger partial charge is 0.341 e. The first kappa shape index (κ1) is 17.9. The summed E-state index contributed by atoms with van der Waals surface area (Å²) in [5, 5.41) is 3.58. The van der Waals surface area contributed by atoms with Crippen LogP contribution in [0.15, 0.2) is 23.8 Å². The fourth-order valence-electron chi connectivity index (χ4n) is 3.53. The molecule has 1 N–H and O–H groups in total. The Balaban J connectivity index is 1.92. The Morgan fingerprint density at radius 3 is 2.68 bits per heavy atom. The van der Waals surface area contributed by atoms with Crippen LogP contribution in [0.25, 0.3) is 0 Å². The van der Waals surface area contributed by atoms with Crippen LogP contribution in [0.3, 0.4) is 0 Å². The van der Waals surface area contributed by atoms with Crippen LogP contribution in [0.4, 0.5) is 5.00 Å². The largest absolute Gasteiger partial charge is 0.465 e. The minimum Gasteiger partial charge on any atom is -0.465 e. The van der Waals surface area contributed by atoms with Crippen LogP contribution in [0.2, 0.25) is 0 Å². The Morgan fingerprint density at radius 2 is 2.08 bits per heavy atom. The van der Waals surface area contributed by atoms with E-state index in [0.717, 1.165) is 30.4 Å². The van der Waals surface area contributed by atoms with Crippen molar-refractivity contribution in [1.29, 1.82) is 0 Å². The highest BCUT2D eigenvalue weighted by Gasteiger charge is 2.34. The quantitative estimate of drug-likeness (QED) is 0.808. The molecule has 1 aromatic rings. The second kappa shape index (κ2) is 6.79. The van der Waals surface area contributed by atoms with Gasteiger partial charge in [0.25, 0.3) is 5.91 Å². The first-order valence-electron chi connectivity index (χ1n) is 8.71. The molecule has 0 spiro atoms. The maximum atomic E-state index is 12.4. The number of esters is 1. The molecule has 5 heteroatoms. The summed E-state index contributed by atoms with van der Waals surface area (Å²) in [5.74, 6) is 0.0797. The topological polar surface area (TPSA) is 55.4 Å². The lowest BCUT2D eigenvalue weighted by Crippen LogP contribution is -2.26. The number of rotatable bonds is 3. The summed E-state index contributed by atoms with van der Waals surface area (Å²) in [6.45, 7) is 6.79. The molecule has 0 saturated carbocycles. The van der Waals surface area contributed by atoms with Gasteiger partial charge in [0.1, 0.15) is 5.00 Å². The minimum absolute atomic E-state index is 0.138. The maximum Gasteiger partial charge on any atom is 0.341 e. The number of anilines is 1. The first-order valence-corrected chi connectivity index (χ1v) is 9.52. The van der Waals surface area contributed by atoms with Gasteiger partial charge in [-0.1, -0.05) is 39.0 Å². The Morgan fingerprint density at radius 1 is 1.32 bits per heavy atom. The van der Waals surface area contributed by atoms with E-state index in [2.05, 4.69) is 26.1 Å². The standard InChI is InChI=1S/C20H25NO3S/c1-20(2,3)13-9-10-14-15(11-13)25-18(16(14)19(23)24-4)21-17(22)12-7-5-6-8-12/h5-7,13H,8-11H2,1-4H3,(H,21,22). The van der Waals surface area contributed by atoms with E-state index in [9.17, 15) is 9.59 Å². The fraction of sp³-hybridized carbons (Fsp3) is 0.500. The number of ether oxygens (including phenoxy) is 1. The summed E-state index contributed by atoms with van der Waals surface area (Å²) in [5.41, 5.74) is 2.56. The van der Waals surface area contributed by atoms with Crippen molar-refractivity contribution in [3.63, 3.8) is 0 Å². The Bertz CT molecular complexity index is 765. The van der Waals surface area contributed by atoms with Gasteiger partial charge in [0.2, 0.25) is 0 Å². The number of fused-ring (bicyclic) bond motifs is 1. The number of allylic oxidation sites excluding steroid dienone is 3. The van der Waals surface area contributed by atoms with Gasteiger partial charge in [-0.2, -0.15) is 0 Å². The molecule has 25 heavy (non-hydrogen) atoms. The van der Waals surface area contributed by atoms with E-state index < -0.39 is 0 Å². The highest BCUT2D eigenvalue weighted by atomic mass is 32.1. The summed E-state index contributed by atoms with van der Waals surface area (Å²) in [6, 6.07) is 0. The molecule has 0 aliphatic heterocycles. The second-order valence-electron chi connectivity index (χ2n) is 7.78. The predicted molar refractivity (Wildman–Crippen MR) is 101 cm³/mol. The van der Waals surface area contributed by atoms with Gasteiger partial charge in [-0.15, -0.1) is 11.3 Å². The number of carbonyl (C=O) groups is 2. The van der Waals surface area contributed by atoms with Gasteiger partial charge in [-0.05, 0) is 42.6 Å². The van der Waals surface area contributed by atoms with E-state index in [4.69, 9.17) is 4.74 Å². The Hall–Kier alpha value is -1.88. The number of amides is 1. The molecule has 1 atom stereocenters. The van der Waals surface area contributed by atoms with E-state index in [1.54, 1.807) is 0 Å². The fourth-order valence-corrected chi connectivity index (χ4v) is 4.84. The van der Waals surface area contributed by atoms with Gasteiger partial charge in [0.15, 0.2) is 0 Å². The first-order chi connectivity index (χ1) is 11.8. The molecule has 1 aromatic heterocycles. The molecule has 134 valence electrons. The minimum atomic E-state index is -0.361. The second-order valence-corrected chi connectivity index (χ2v) is 8.89. The third-order valence-corrected chi connectivity index (χ3v) is 6.34. The molecule has 1 amide bonds. The molecular formula is C20H25NO3S. The molecule has 0 saturated heterocycles. The van der Waals surface area contributed by atoms with Gasteiger partial charge in [-0.3, -0.25) is 4.79 Å². The van der Waals surface area contributed by atoms with Crippen LogP contribution in [-0.2, 0) is 22.4 Å². The van der Waals surface area contributed by atoms with Crippen LogP contribution >= 0.6 is 11.3 Å². The van der Waals surface area contributed by atoms with E-state index in [1.807, 2.05) is 18.2 Å². The molecule has 0 aromatic carbocycles. The van der Waals surface area contributed by atoms with Crippen LogP contribution in [0.5, 0.6) is 0 Å². The molecule has 0 bridgehead atoms. The lowest BCUT2D eigenvalue weighted by Gasteiger charge is -2.33. The lowest BCUT2D eigenvalue weighted by molar-refractivity contribution is -0.112. The average Bonchev–Trinajstić information content (AvgIpc) is 3.20. The Kier molecular flexibility index (Phi) is 4.87. The molecule has 0 fully saturated rings. The van der Waals surface area contributed by atoms with E-state index in [-0.39, 0.29) is 17.3 Å².